The molecule has 0 aromatic heterocycles. The molecule has 3 aromatic carbocycles. The first-order valence-electron chi connectivity index (χ1n) is 9.71. The number of nitrogens with two attached hydrogens (primary N) is 1. The molecule has 1 heterocycles. The van der Waals surface area contributed by atoms with E-state index in [0.29, 0.717) is 34.4 Å². The third-order valence-electron chi connectivity index (χ3n) is 4.62. The summed E-state index contributed by atoms with van der Waals surface area (Å²) in [5, 5.41) is 26.9. The molecule has 0 saturated heterocycles. The molecule has 0 amide bonds. The van der Waals surface area contributed by atoms with Crippen LogP contribution in [0.3, 0.4) is 0 Å². The lowest BCUT2D eigenvalue weighted by molar-refractivity contribution is -0.385. The average molecular weight is 507 g/mol. The number of nitro groups is 1. The second-order valence-electron chi connectivity index (χ2n) is 6.94. The number of ketones is 1. The van der Waals surface area contributed by atoms with Crippen LogP contribution >= 0.6 is 15.9 Å². The number of benzene rings is 3. The SMILES string of the molecule is N#Cc1ccccc1CN1CN(N)C=N1.O=C(c1ccccc1)c1ccc([N+](=O)[O-])c(Br)c1. The Morgan fingerprint density at radius 3 is 2.42 bits per heavy atom. The highest BCUT2D eigenvalue weighted by Gasteiger charge is 2.16. The van der Waals surface area contributed by atoms with E-state index in [0.717, 1.165) is 5.56 Å². The Morgan fingerprint density at radius 1 is 1.12 bits per heavy atom. The van der Waals surface area contributed by atoms with E-state index in [1.807, 2.05) is 24.3 Å². The summed E-state index contributed by atoms with van der Waals surface area (Å²) in [6.45, 7) is 1.16. The molecule has 10 heteroatoms. The summed E-state index contributed by atoms with van der Waals surface area (Å²) >= 11 is 3.09. The zero-order valence-electron chi connectivity index (χ0n) is 17.3. The molecule has 0 fully saturated rings. The van der Waals surface area contributed by atoms with Gasteiger partial charge in [-0.15, -0.1) is 0 Å². The highest BCUT2D eigenvalue weighted by Crippen LogP contribution is 2.26. The molecule has 1 aliphatic heterocycles. The Morgan fingerprint density at radius 2 is 1.82 bits per heavy atom. The van der Waals surface area contributed by atoms with E-state index in [1.165, 1.54) is 23.2 Å². The molecule has 0 aliphatic carbocycles. The first-order chi connectivity index (χ1) is 15.9. The smallest absolute Gasteiger partial charge is 0.283 e. The maximum atomic E-state index is 12.1. The Bertz CT molecular complexity index is 1230. The number of halogens is 1. The predicted molar refractivity (Wildman–Crippen MR) is 127 cm³/mol. The van der Waals surface area contributed by atoms with E-state index in [1.54, 1.807) is 41.7 Å². The van der Waals surface area contributed by atoms with Crippen molar-refractivity contribution in [2.45, 2.75) is 6.54 Å². The van der Waals surface area contributed by atoms with E-state index in [-0.39, 0.29) is 11.5 Å². The van der Waals surface area contributed by atoms with Gasteiger partial charge in [0.05, 0.1) is 27.6 Å². The van der Waals surface area contributed by atoms with Crippen LogP contribution in [0.25, 0.3) is 0 Å². The second-order valence-corrected chi connectivity index (χ2v) is 7.79. The molecule has 3 aromatic rings. The summed E-state index contributed by atoms with van der Waals surface area (Å²) in [6.07, 6.45) is 1.56. The van der Waals surface area contributed by atoms with Gasteiger partial charge >= 0.3 is 0 Å². The molecule has 0 radical (unpaired) electrons. The van der Waals surface area contributed by atoms with Gasteiger partial charge in [-0.25, -0.2) is 5.84 Å². The van der Waals surface area contributed by atoms with E-state index in [2.05, 4.69) is 27.1 Å². The molecule has 0 atom stereocenters. The zero-order valence-corrected chi connectivity index (χ0v) is 18.9. The van der Waals surface area contributed by atoms with Crippen LogP contribution in [0, 0.1) is 21.4 Å². The number of nitriles is 1. The molecule has 2 N–H and O–H groups in total. The fourth-order valence-corrected chi connectivity index (χ4v) is 3.53. The summed E-state index contributed by atoms with van der Waals surface area (Å²) < 4.78 is 0.300. The van der Waals surface area contributed by atoms with Crippen LogP contribution in [-0.2, 0) is 6.54 Å². The quantitative estimate of drug-likeness (QED) is 0.239. The first-order valence-corrected chi connectivity index (χ1v) is 10.5. The van der Waals surface area contributed by atoms with Crippen molar-refractivity contribution in [1.29, 1.82) is 5.26 Å². The van der Waals surface area contributed by atoms with Crippen molar-refractivity contribution < 1.29 is 9.72 Å². The van der Waals surface area contributed by atoms with Gasteiger partial charge in [0, 0.05) is 17.2 Å². The molecular weight excluding hydrogens is 488 g/mol. The van der Waals surface area contributed by atoms with Crippen LogP contribution in [0.4, 0.5) is 5.69 Å². The molecule has 0 unspecified atom stereocenters. The van der Waals surface area contributed by atoms with Crippen molar-refractivity contribution in [2.24, 2.45) is 10.9 Å². The summed E-state index contributed by atoms with van der Waals surface area (Å²) in [5.41, 5.74) is 2.56. The third kappa shape index (κ3) is 6.22. The van der Waals surface area contributed by atoms with Crippen LogP contribution in [-0.4, -0.2) is 33.7 Å². The van der Waals surface area contributed by atoms with Gasteiger partial charge in [-0.1, -0.05) is 48.5 Å². The lowest BCUT2D eigenvalue weighted by Crippen LogP contribution is -2.32. The van der Waals surface area contributed by atoms with Crippen molar-refractivity contribution >= 4 is 33.7 Å². The molecule has 33 heavy (non-hydrogen) atoms. The van der Waals surface area contributed by atoms with E-state index < -0.39 is 4.92 Å². The number of carbonyl (C=O) groups is 1. The number of nitro benzene ring substituents is 1. The minimum absolute atomic E-state index is 0.0559. The van der Waals surface area contributed by atoms with Crippen molar-refractivity contribution in [2.75, 3.05) is 6.67 Å². The van der Waals surface area contributed by atoms with Gasteiger partial charge < -0.3 is 0 Å². The minimum atomic E-state index is -0.499. The van der Waals surface area contributed by atoms with Crippen LogP contribution in [0.15, 0.2) is 82.4 Å². The van der Waals surface area contributed by atoms with Gasteiger partial charge in [0.2, 0.25) is 0 Å². The number of hydrazine groups is 1. The summed E-state index contributed by atoms with van der Waals surface area (Å²) in [5.74, 6) is 5.37. The van der Waals surface area contributed by atoms with Gasteiger partial charge in [-0.2, -0.15) is 10.4 Å². The predicted octanol–water partition coefficient (Wildman–Crippen LogP) is 4.04. The Hall–Kier alpha value is -4.07. The van der Waals surface area contributed by atoms with Crippen molar-refractivity contribution in [3.8, 4) is 6.07 Å². The second kappa shape index (κ2) is 11.0. The van der Waals surface area contributed by atoms with E-state index in [4.69, 9.17) is 11.1 Å². The lowest BCUT2D eigenvalue weighted by atomic mass is 10.0. The van der Waals surface area contributed by atoms with Crippen LogP contribution < -0.4 is 5.84 Å². The molecule has 0 spiro atoms. The largest absolute Gasteiger partial charge is 0.289 e. The average Bonchev–Trinajstić information content (AvgIpc) is 3.24. The Labute approximate surface area is 198 Å². The van der Waals surface area contributed by atoms with Crippen LogP contribution in [0.2, 0.25) is 0 Å². The fraction of sp³-hybridized carbons (Fsp3) is 0.0870. The highest BCUT2D eigenvalue weighted by molar-refractivity contribution is 9.10. The molecule has 0 bridgehead atoms. The number of carbonyl (C=O) groups excluding carboxylic acids is 1. The van der Waals surface area contributed by atoms with Gasteiger partial charge in [0.25, 0.3) is 5.69 Å². The van der Waals surface area contributed by atoms with E-state index >= 15 is 0 Å². The molecular formula is C23H19BrN6O3. The van der Waals surface area contributed by atoms with Crippen LogP contribution in [0.5, 0.6) is 0 Å². The van der Waals surface area contributed by atoms with Crippen molar-refractivity contribution in [3.63, 3.8) is 0 Å². The van der Waals surface area contributed by atoms with Gasteiger partial charge in [0.1, 0.15) is 13.0 Å². The zero-order chi connectivity index (χ0) is 23.8. The van der Waals surface area contributed by atoms with Gasteiger partial charge in [-0.05, 0) is 39.7 Å². The van der Waals surface area contributed by atoms with Crippen molar-refractivity contribution in [3.05, 3.63) is 110 Å². The van der Waals surface area contributed by atoms with Gasteiger partial charge in [0.15, 0.2) is 5.78 Å². The number of hydrogen-bond acceptors (Lipinski definition) is 8. The molecule has 0 saturated carbocycles. The maximum Gasteiger partial charge on any atom is 0.283 e. The first kappa shape index (κ1) is 23.6. The highest BCUT2D eigenvalue weighted by atomic mass is 79.9. The molecule has 4 rings (SSSR count). The normalized spacial score (nSPS) is 12.0. The van der Waals surface area contributed by atoms with E-state index in [9.17, 15) is 14.9 Å². The number of hydrazone groups is 1. The maximum absolute atomic E-state index is 12.1. The molecule has 166 valence electrons. The molecule has 1 aliphatic rings. The number of rotatable bonds is 5. The van der Waals surface area contributed by atoms with Crippen molar-refractivity contribution in [1.82, 2.24) is 10.0 Å². The Kier molecular flexibility index (Phi) is 7.86. The fourth-order valence-electron chi connectivity index (χ4n) is 3.01. The monoisotopic (exact) mass is 506 g/mol. The van der Waals surface area contributed by atoms with Crippen LogP contribution in [0.1, 0.15) is 27.0 Å². The third-order valence-corrected chi connectivity index (χ3v) is 5.26. The Balaban J connectivity index is 0.000000189. The summed E-state index contributed by atoms with van der Waals surface area (Å²) in [4.78, 5) is 22.3. The summed E-state index contributed by atoms with van der Waals surface area (Å²) in [6, 6.07) is 22.7. The van der Waals surface area contributed by atoms with Gasteiger partial charge in [-0.3, -0.25) is 24.9 Å². The molecule has 9 nitrogen and oxygen atoms in total. The number of nitrogens with zero attached hydrogens (tertiary/aromatic N) is 5. The standard InChI is InChI=1S/C13H8BrNO3.C10H11N5/c14-11-8-10(6-7-12(11)15(17)18)13(16)9-4-2-1-3-5-9;11-5-9-3-1-2-4-10(9)6-15-8-14(12)7-13-15/h1-8H;1-4,7H,6,8,12H2. The number of hydrogen-bond donors (Lipinski definition) is 1. The minimum Gasteiger partial charge on any atom is -0.289 e. The lowest BCUT2D eigenvalue weighted by Gasteiger charge is -2.15. The topological polar surface area (TPSA) is 129 Å². The summed E-state index contributed by atoms with van der Waals surface area (Å²) in [7, 11) is 0.